The molecule has 2 heterocycles. The molecule has 0 spiro atoms. The Morgan fingerprint density at radius 1 is 1.00 bits per heavy atom. The van der Waals surface area contributed by atoms with Crippen LogP contribution in [0.3, 0.4) is 0 Å². The normalized spacial score (nSPS) is 17.3. The first-order valence-corrected chi connectivity index (χ1v) is 15.5. The number of nitrogens with one attached hydrogen (secondary N) is 2. The van der Waals surface area contributed by atoms with Gasteiger partial charge < -0.3 is 25.2 Å². The van der Waals surface area contributed by atoms with Crippen LogP contribution in [0.25, 0.3) is 0 Å². The maximum Gasteiger partial charge on any atom is 0.322 e. The fraction of sp³-hybridized carbons (Fsp3) is 0.361. The molecular weight excluding hydrogens is 566 g/mol. The van der Waals surface area contributed by atoms with E-state index in [0.29, 0.717) is 42.3 Å². The Hall–Kier alpha value is -4.63. The topological polar surface area (TPSA) is 94.2 Å². The van der Waals surface area contributed by atoms with E-state index in [1.807, 2.05) is 106 Å². The van der Waals surface area contributed by atoms with Crippen LogP contribution in [-0.4, -0.2) is 78.9 Å². The minimum atomic E-state index is -0.761. The van der Waals surface area contributed by atoms with E-state index in [1.165, 1.54) is 0 Å². The molecule has 3 aromatic rings. The summed E-state index contributed by atoms with van der Waals surface area (Å²) in [4.78, 5) is 47.1. The molecule has 2 N–H and O–H groups in total. The van der Waals surface area contributed by atoms with Gasteiger partial charge in [-0.25, -0.2) is 4.79 Å². The summed E-state index contributed by atoms with van der Waals surface area (Å²) in [6, 6.07) is 24.9. The Morgan fingerprint density at radius 3 is 2.33 bits per heavy atom. The van der Waals surface area contributed by atoms with Crippen molar-refractivity contribution in [3.8, 4) is 11.5 Å². The molecule has 0 aliphatic carbocycles. The lowest BCUT2D eigenvalue weighted by Gasteiger charge is -2.33. The molecule has 0 fully saturated rings. The zero-order valence-corrected chi connectivity index (χ0v) is 26.7. The van der Waals surface area contributed by atoms with Crippen LogP contribution in [0.1, 0.15) is 37.9 Å². The van der Waals surface area contributed by atoms with E-state index < -0.39 is 12.1 Å². The number of benzene rings is 3. The van der Waals surface area contributed by atoms with Crippen molar-refractivity contribution in [3.05, 3.63) is 107 Å². The highest BCUT2D eigenvalue weighted by atomic mass is 16.5. The summed E-state index contributed by atoms with van der Waals surface area (Å²) in [6.07, 6.45) is 0.353. The zero-order chi connectivity index (χ0) is 32.1. The Kier molecular flexibility index (Phi) is 9.58. The number of hydrogen-bond donors (Lipinski definition) is 2. The Bertz CT molecular complexity index is 1550. The third kappa shape index (κ3) is 7.37. The molecule has 2 aliphatic heterocycles. The van der Waals surface area contributed by atoms with Gasteiger partial charge in [-0.05, 0) is 61.8 Å². The van der Waals surface area contributed by atoms with E-state index in [2.05, 4.69) is 29.4 Å². The minimum Gasteiger partial charge on any atom is -0.457 e. The van der Waals surface area contributed by atoms with Crippen molar-refractivity contribution >= 4 is 17.8 Å². The van der Waals surface area contributed by atoms with Crippen LogP contribution in [0.15, 0.2) is 96.2 Å². The molecule has 4 amide bonds. The molecular formula is C36H43N5O4. The maximum atomic E-state index is 14.4. The lowest BCUT2D eigenvalue weighted by molar-refractivity contribution is -0.136. The molecule has 2 aliphatic rings. The summed E-state index contributed by atoms with van der Waals surface area (Å²) >= 11 is 0. The van der Waals surface area contributed by atoms with Crippen LogP contribution in [-0.2, 0) is 16.0 Å². The molecule has 2 atom stereocenters. The molecule has 0 bridgehead atoms. The van der Waals surface area contributed by atoms with Crippen LogP contribution in [0.5, 0.6) is 11.5 Å². The lowest BCUT2D eigenvalue weighted by atomic mass is 9.92. The van der Waals surface area contributed by atoms with Crippen molar-refractivity contribution in [3.63, 3.8) is 0 Å². The second-order valence-electron chi connectivity index (χ2n) is 12.7. The molecule has 0 saturated carbocycles. The molecule has 9 nitrogen and oxygen atoms in total. The summed E-state index contributed by atoms with van der Waals surface area (Å²) < 4.78 is 6.06. The number of rotatable bonds is 12. The van der Waals surface area contributed by atoms with Crippen molar-refractivity contribution in [2.24, 2.45) is 5.41 Å². The van der Waals surface area contributed by atoms with Gasteiger partial charge in [0, 0.05) is 26.1 Å². The Labute approximate surface area is 265 Å². The van der Waals surface area contributed by atoms with Crippen LogP contribution in [0, 0.1) is 5.41 Å². The number of para-hydroxylation sites is 1. The number of nitrogens with zero attached hydrogens (tertiary/aromatic N) is 3. The Balaban J connectivity index is 1.46. The van der Waals surface area contributed by atoms with E-state index in [9.17, 15) is 14.4 Å². The van der Waals surface area contributed by atoms with Crippen LogP contribution in [0.2, 0.25) is 0 Å². The summed E-state index contributed by atoms with van der Waals surface area (Å²) in [5.41, 5.74) is 2.61. The fourth-order valence-corrected chi connectivity index (χ4v) is 6.27. The summed E-state index contributed by atoms with van der Waals surface area (Å²) in [7, 11) is 4.02. The van der Waals surface area contributed by atoms with E-state index >= 15 is 0 Å². The van der Waals surface area contributed by atoms with Gasteiger partial charge in [-0.3, -0.25) is 14.5 Å². The average Bonchev–Trinajstić information content (AvgIpc) is 3.35. The van der Waals surface area contributed by atoms with Gasteiger partial charge in [0.15, 0.2) is 0 Å². The van der Waals surface area contributed by atoms with Gasteiger partial charge in [0.25, 0.3) is 5.91 Å². The van der Waals surface area contributed by atoms with Gasteiger partial charge in [0.05, 0.1) is 23.9 Å². The van der Waals surface area contributed by atoms with E-state index in [4.69, 9.17) is 4.74 Å². The fourth-order valence-electron chi connectivity index (χ4n) is 6.27. The molecule has 236 valence electrons. The third-order valence-corrected chi connectivity index (χ3v) is 8.17. The maximum absolute atomic E-state index is 14.4. The predicted octanol–water partition coefficient (Wildman–Crippen LogP) is 4.98. The van der Waals surface area contributed by atoms with Crippen molar-refractivity contribution in [1.29, 1.82) is 0 Å². The van der Waals surface area contributed by atoms with Crippen LogP contribution < -0.4 is 15.4 Å². The number of urea groups is 1. The number of ether oxygens (including phenoxy) is 1. The molecule has 5 rings (SSSR count). The standard InChI is InChI=1S/C36H43N5O4/c1-6-40-30-22-41(29(20-25-14-9-7-10-15-25)33(42)37-23-36(2,3)24-39(4)5)34(43)31(30)32(38-35(40)44)26-16-13-19-28(21-26)45-27-17-11-8-12-18-27/h7-19,21,29,32H,6,20,22-24H2,1-5H3,(H,37,42)(H,38,44). The first-order chi connectivity index (χ1) is 21.6. The van der Waals surface area contributed by atoms with Crippen molar-refractivity contribution < 1.29 is 19.1 Å². The first-order valence-electron chi connectivity index (χ1n) is 15.5. The number of likely N-dealkylation sites (N-methyl/N-ethyl adjacent to an activating group) is 1. The SMILES string of the molecule is CCN1C(=O)NC(c2cccc(Oc3ccccc3)c2)C2=C1CN(C(Cc1ccccc1)C(=O)NCC(C)(C)CN(C)C)C2=O. The van der Waals surface area contributed by atoms with E-state index in [1.54, 1.807) is 9.80 Å². The average molecular weight is 610 g/mol. The quantitative estimate of drug-likeness (QED) is 0.302. The Morgan fingerprint density at radius 2 is 1.67 bits per heavy atom. The highest BCUT2D eigenvalue weighted by Gasteiger charge is 2.47. The largest absolute Gasteiger partial charge is 0.457 e. The summed E-state index contributed by atoms with van der Waals surface area (Å²) in [5, 5.41) is 6.19. The highest BCUT2D eigenvalue weighted by molar-refractivity contribution is 6.03. The smallest absolute Gasteiger partial charge is 0.322 e. The predicted molar refractivity (Wildman–Crippen MR) is 175 cm³/mol. The van der Waals surface area contributed by atoms with Gasteiger partial charge >= 0.3 is 6.03 Å². The van der Waals surface area contributed by atoms with Gasteiger partial charge in [-0.15, -0.1) is 0 Å². The van der Waals surface area contributed by atoms with Crippen LogP contribution in [0.4, 0.5) is 4.79 Å². The summed E-state index contributed by atoms with van der Waals surface area (Å²) in [6.45, 7) is 7.91. The number of carbonyl (C=O) groups excluding carboxylic acids is 3. The first kappa shape index (κ1) is 31.8. The second kappa shape index (κ2) is 13.6. The molecule has 3 aromatic carbocycles. The molecule has 0 aromatic heterocycles. The van der Waals surface area contributed by atoms with Gasteiger partial charge in [0.1, 0.15) is 17.5 Å². The third-order valence-electron chi connectivity index (χ3n) is 8.17. The second-order valence-corrected chi connectivity index (χ2v) is 12.7. The molecule has 2 unspecified atom stereocenters. The van der Waals surface area contributed by atoms with Gasteiger partial charge in [-0.2, -0.15) is 0 Å². The van der Waals surface area contributed by atoms with Gasteiger partial charge in [-0.1, -0.05) is 74.5 Å². The lowest BCUT2D eigenvalue weighted by Crippen LogP contribution is -2.52. The number of hydrogen-bond acceptors (Lipinski definition) is 5. The molecule has 0 radical (unpaired) electrons. The molecule has 9 heteroatoms. The molecule has 45 heavy (non-hydrogen) atoms. The number of carbonyl (C=O) groups is 3. The zero-order valence-electron chi connectivity index (χ0n) is 26.7. The summed E-state index contributed by atoms with van der Waals surface area (Å²) in [5.74, 6) is 0.811. The van der Waals surface area contributed by atoms with E-state index in [0.717, 1.165) is 17.7 Å². The van der Waals surface area contributed by atoms with Crippen molar-refractivity contribution in [1.82, 2.24) is 25.3 Å². The molecule has 0 saturated heterocycles. The van der Waals surface area contributed by atoms with Crippen molar-refractivity contribution in [2.75, 3.05) is 40.3 Å². The minimum absolute atomic E-state index is 0.165. The van der Waals surface area contributed by atoms with Crippen LogP contribution >= 0.6 is 0 Å². The number of amides is 4. The highest BCUT2D eigenvalue weighted by Crippen LogP contribution is 2.38. The van der Waals surface area contributed by atoms with E-state index in [-0.39, 0.29) is 29.8 Å². The van der Waals surface area contributed by atoms with Crippen molar-refractivity contribution in [2.45, 2.75) is 39.3 Å². The monoisotopic (exact) mass is 609 g/mol. The van der Waals surface area contributed by atoms with Gasteiger partial charge in [0.2, 0.25) is 5.91 Å².